The van der Waals surface area contributed by atoms with Crippen LogP contribution in [-0.4, -0.2) is 41.2 Å². The molecule has 0 aliphatic carbocycles. The SMILES string of the molecule is COC(=O)[C@@H](NC(=O)c1cc2cc(Cl)ccc2[nH]1)[C@@H](O)Cc1ccccc1. The third kappa shape index (κ3) is 4.48. The monoisotopic (exact) mass is 386 g/mol. The highest BCUT2D eigenvalue weighted by Gasteiger charge is 2.30. The van der Waals surface area contributed by atoms with Gasteiger partial charge in [-0.1, -0.05) is 41.9 Å². The number of rotatable bonds is 6. The number of hydrogen-bond acceptors (Lipinski definition) is 4. The first-order valence-corrected chi connectivity index (χ1v) is 8.74. The lowest BCUT2D eigenvalue weighted by Crippen LogP contribution is -2.50. The highest BCUT2D eigenvalue weighted by atomic mass is 35.5. The first kappa shape index (κ1) is 18.9. The summed E-state index contributed by atoms with van der Waals surface area (Å²) in [5, 5.41) is 14.4. The molecular weight excluding hydrogens is 368 g/mol. The highest BCUT2D eigenvalue weighted by molar-refractivity contribution is 6.31. The number of benzene rings is 2. The van der Waals surface area contributed by atoms with Crippen molar-refractivity contribution in [3.8, 4) is 0 Å². The van der Waals surface area contributed by atoms with Gasteiger partial charge in [0.15, 0.2) is 6.04 Å². The molecule has 140 valence electrons. The molecule has 0 aliphatic heterocycles. The predicted molar refractivity (Wildman–Crippen MR) is 103 cm³/mol. The Morgan fingerprint density at radius 1 is 1.19 bits per heavy atom. The number of fused-ring (bicyclic) bond motifs is 1. The number of aromatic amines is 1. The zero-order valence-electron chi connectivity index (χ0n) is 14.6. The standard InChI is InChI=1S/C20H19ClN2O4/c1-27-20(26)18(17(24)9-12-5-3-2-4-6-12)23-19(25)16-11-13-10-14(21)7-8-15(13)22-16/h2-8,10-11,17-18,22,24H,9H2,1H3,(H,23,25)/t17-,18-/m0/s1. The molecule has 0 fully saturated rings. The number of hydrogen-bond donors (Lipinski definition) is 3. The number of halogens is 1. The summed E-state index contributed by atoms with van der Waals surface area (Å²) in [5.74, 6) is -1.24. The quantitative estimate of drug-likeness (QED) is 0.568. The van der Waals surface area contributed by atoms with Gasteiger partial charge in [0.25, 0.3) is 5.91 Å². The van der Waals surface area contributed by atoms with Crippen LogP contribution in [0.5, 0.6) is 0 Å². The first-order valence-electron chi connectivity index (χ1n) is 8.37. The van der Waals surface area contributed by atoms with Crippen LogP contribution in [0.1, 0.15) is 16.1 Å². The van der Waals surface area contributed by atoms with Crippen LogP contribution in [-0.2, 0) is 16.0 Å². The Kier molecular flexibility index (Phi) is 5.78. The number of aliphatic hydroxyl groups excluding tert-OH is 1. The first-order chi connectivity index (χ1) is 13.0. The van der Waals surface area contributed by atoms with Gasteiger partial charge in [-0.25, -0.2) is 4.79 Å². The van der Waals surface area contributed by atoms with Crippen molar-refractivity contribution in [2.75, 3.05) is 7.11 Å². The van der Waals surface area contributed by atoms with E-state index in [0.29, 0.717) is 5.02 Å². The van der Waals surface area contributed by atoms with Gasteiger partial charge in [0.05, 0.1) is 13.2 Å². The molecule has 1 heterocycles. The highest BCUT2D eigenvalue weighted by Crippen LogP contribution is 2.20. The molecule has 2 atom stereocenters. The number of nitrogens with one attached hydrogen (secondary N) is 2. The van der Waals surface area contributed by atoms with Crippen molar-refractivity contribution in [2.24, 2.45) is 0 Å². The maximum atomic E-state index is 12.6. The van der Waals surface area contributed by atoms with Crippen molar-refractivity contribution in [1.82, 2.24) is 10.3 Å². The third-order valence-corrected chi connectivity index (χ3v) is 4.48. The van der Waals surface area contributed by atoms with Crippen LogP contribution in [0.2, 0.25) is 5.02 Å². The molecule has 0 aliphatic rings. The van der Waals surface area contributed by atoms with Crippen molar-refractivity contribution < 1.29 is 19.4 Å². The average molecular weight is 387 g/mol. The Bertz CT molecular complexity index is 955. The predicted octanol–water partition coefficient (Wildman–Crippen LogP) is 2.70. The average Bonchev–Trinajstić information content (AvgIpc) is 3.09. The van der Waals surface area contributed by atoms with Crippen LogP contribution in [0.4, 0.5) is 0 Å². The smallest absolute Gasteiger partial charge is 0.331 e. The van der Waals surface area contributed by atoms with Crippen LogP contribution in [0.3, 0.4) is 0 Å². The van der Waals surface area contributed by atoms with Crippen molar-refractivity contribution >= 4 is 34.4 Å². The zero-order valence-corrected chi connectivity index (χ0v) is 15.4. The van der Waals surface area contributed by atoms with Gasteiger partial charge < -0.3 is 20.1 Å². The second kappa shape index (κ2) is 8.24. The number of aromatic nitrogens is 1. The van der Waals surface area contributed by atoms with E-state index in [9.17, 15) is 14.7 Å². The van der Waals surface area contributed by atoms with Gasteiger partial charge in [-0.2, -0.15) is 0 Å². The Balaban J connectivity index is 1.78. The lowest BCUT2D eigenvalue weighted by molar-refractivity contribution is -0.145. The molecule has 7 heteroatoms. The number of H-pyrrole nitrogens is 1. The van der Waals surface area contributed by atoms with E-state index in [1.807, 2.05) is 30.3 Å². The van der Waals surface area contributed by atoms with Gasteiger partial charge in [-0.3, -0.25) is 4.79 Å². The summed E-state index contributed by atoms with van der Waals surface area (Å²) in [6.45, 7) is 0. The number of amides is 1. The Morgan fingerprint density at radius 3 is 2.63 bits per heavy atom. The number of ether oxygens (including phenoxy) is 1. The Morgan fingerprint density at radius 2 is 1.93 bits per heavy atom. The minimum Gasteiger partial charge on any atom is -0.467 e. The van der Waals surface area contributed by atoms with E-state index in [0.717, 1.165) is 16.5 Å². The summed E-state index contributed by atoms with van der Waals surface area (Å²) in [6.07, 6.45) is -0.939. The van der Waals surface area contributed by atoms with E-state index >= 15 is 0 Å². The molecule has 27 heavy (non-hydrogen) atoms. The van der Waals surface area contributed by atoms with Gasteiger partial charge in [-0.05, 0) is 29.8 Å². The normalized spacial score (nSPS) is 13.1. The second-order valence-electron chi connectivity index (χ2n) is 6.15. The largest absolute Gasteiger partial charge is 0.467 e. The summed E-state index contributed by atoms with van der Waals surface area (Å²) in [7, 11) is 1.21. The van der Waals surface area contributed by atoms with Gasteiger partial charge in [0.2, 0.25) is 0 Å². The molecule has 3 N–H and O–H groups in total. The van der Waals surface area contributed by atoms with Crippen molar-refractivity contribution in [1.29, 1.82) is 0 Å². The molecule has 2 aromatic carbocycles. The lowest BCUT2D eigenvalue weighted by atomic mass is 10.0. The minimum atomic E-state index is -1.20. The van der Waals surface area contributed by atoms with E-state index in [4.69, 9.17) is 16.3 Å². The molecule has 6 nitrogen and oxygen atoms in total. The molecule has 0 bridgehead atoms. The maximum Gasteiger partial charge on any atom is 0.331 e. The fourth-order valence-electron chi connectivity index (χ4n) is 2.86. The maximum absolute atomic E-state index is 12.6. The molecular formula is C20H19ClN2O4. The van der Waals surface area contributed by atoms with E-state index < -0.39 is 24.0 Å². The summed E-state index contributed by atoms with van der Waals surface area (Å²) in [4.78, 5) is 27.7. The molecule has 0 saturated carbocycles. The molecule has 1 aromatic heterocycles. The lowest BCUT2D eigenvalue weighted by Gasteiger charge is -2.21. The molecule has 0 saturated heterocycles. The van der Waals surface area contributed by atoms with Crippen LogP contribution in [0.25, 0.3) is 10.9 Å². The van der Waals surface area contributed by atoms with E-state index in [2.05, 4.69) is 10.3 Å². The Labute approximate surface area is 161 Å². The molecule has 3 rings (SSSR count). The molecule has 0 spiro atoms. The van der Waals surface area contributed by atoms with Crippen LogP contribution < -0.4 is 5.32 Å². The van der Waals surface area contributed by atoms with Crippen molar-refractivity contribution in [3.05, 3.63) is 70.9 Å². The number of carbonyl (C=O) groups excluding carboxylic acids is 2. The number of methoxy groups -OCH3 is 1. The van der Waals surface area contributed by atoms with E-state index in [1.165, 1.54) is 7.11 Å². The van der Waals surface area contributed by atoms with Crippen molar-refractivity contribution in [3.63, 3.8) is 0 Å². The zero-order chi connectivity index (χ0) is 19.4. The summed E-state index contributed by atoms with van der Waals surface area (Å²) >= 11 is 5.96. The third-order valence-electron chi connectivity index (χ3n) is 4.24. The fourth-order valence-corrected chi connectivity index (χ4v) is 3.04. The number of esters is 1. The van der Waals surface area contributed by atoms with E-state index in [-0.39, 0.29) is 12.1 Å². The molecule has 3 aromatic rings. The van der Waals surface area contributed by atoms with Crippen LogP contribution in [0, 0.1) is 0 Å². The molecule has 1 amide bonds. The fraction of sp³-hybridized carbons (Fsp3) is 0.200. The van der Waals surface area contributed by atoms with Gasteiger partial charge in [-0.15, -0.1) is 0 Å². The Hall–Kier alpha value is -2.83. The minimum absolute atomic E-state index is 0.198. The summed E-state index contributed by atoms with van der Waals surface area (Å²) in [5.41, 5.74) is 1.84. The van der Waals surface area contributed by atoms with Crippen molar-refractivity contribution in [2.45, 2.75) is 18.6 Å². The van der Waals surface area contributed by atoms with Gasteiger partial charge in [0, 0.05) is 22.3 Å². The van der Waals surface area contributed by atoms with E-state index in [1.54, 1.807) is 24.3 Å². The van der Waals surface area contributed by atoms with Gasteiger partial charge >= 0.3 is 5.97 Å². The molecule has 0 radical (unpaired) electrons. The summed E-state index contributed by atoms with van der Waals surface area (Å²) in [6, 6.07) is 14.8. The number of aliphatic hydroxyl groups is 1. The second-order valence-corrected chi connectivity index (χ2v) is 6.58. The van der Waals surface area contributed by atoms with Crippen LogP contribution >= 0.6 is 11.6 Å². The van der Waals surface area contributed by atoms with Gasteiger partial charge in [0.1, 0.15) is 5.69 Å². The topological polar surface area (TPSA) is 91.4 Å². The van der Waals surface area contributed by atoms with Crippen LogP contribution in [0.15, 0.2) is 54.6 Å². The number of carbonyl (C=O) groups is 2. The molecule has 0 unspecified atom stereocenters. The summed E-state index contributed by atoms with van der Waals surface area (Å²) < 4.78 is 4.74.